The first-order chi connectivity index (χ1) is 9.80. The molecule has 2 aromatic rings. The van der Waals surface area contributed by atoms with Crippen LogP contribution in [0.25, 0.3) is 11.1 Å². The molecule has 0 aliphatic heterocycles. The summed E-state index contributed by atoms with van der Waals surface area (Å²) in [6.07, 6.45) is 0. The summed E-state index contributed by atoms with van der Waals surface area (Å²) >= 11 is 0. The summed E-state index contributed by atoms with van der Waals surface area (Å²) in [5.74, 6) is 0. The third kappa shape index (κ3) is 2.58. The first kappa shape index (κ1) is 14.5. The lowest BCUT2D eigenvalue weighted by molar-refractivity contribution is 0.508. The van der Waals surface area contributed by atoms with Gasteiger partial charge in [-0.15, -0.1) is 0 Å². The molecular formula is C19H25NSi. The van der Waals surface area contributed by atoms with Gasteiger partial charge in [-0.2, -0.15) is 0 Å². The molecule has 0 spiro atoms. The first-order valence-corrected chi connectivity index (χ1v) is 10.8. The molecule has 0 fully saturated rings. The highest BCUT2D eigenvalue weighted by atomic mass is 28.3. The molecule has 1 nitrogen and oxygen atoms in total. The van der Waals surface area contributed by atoms with Crippen molar-refractivity contribution in [2.45, 2.75) is 44.9 Å². The van der Waals surface area contributed by atoms with Gasteiger partial charge < -0.3 is 4.98 Å². The summed E-state index contributed by atoms with van der Waals surface area (Å²) in [5, 5.41) is 0. The third-order valence-corrected chi connectivity index (χ3v) is 7.71. The van der Waals surface area contributed by atoms with Gasteiger partial charge in [-0.1, -0.05) is 61.6 Å². The van der Waals surface area contributed by atoms with Crippen molar-refractivity contribution in [2.24, 2.45) is 0 Å². The van der Waals surface area contributed by atoms with Gasteiger partial charge in [0.2, 0.25) is 0 Å². The minimum Gasteiger partial charge on any atom is -0.332 e. The SMILES string of the molecule is CC(C)(C)N[Si](C)(C)C1c2ccccc2-c2ccccc21. The average Bonchev–Trinajstić information content (AvgIpc) is 2.71. The van der Waals surface area contributed by atoms with Crippen LogP contribution in [0.1, 0.15) is 37.4 Å². The molecule has 2 aromatic carbocycles. The number of hydrogen-bond acceptors (Lipinski definition) is 1. The molecule has 1 aliphatic carbocycles. The summed E-state index contributed by atoms with van der Waals surface area (Å²) in [5.41, 5.74) is 6.55. The van der Waals surface area contributed by atoms with Crippen molar-refractivity contribution in [1.29, 1.82) is 0 Å². The number of rotatable bonds is 2. The Bertz CT molecular complexity index is 622. The van der Waals surface area contributed by atoms with Crippen molar-refractivity contribution >= 4 is 8.24 Å². The van der Waals surface area contributed by atoms with Gasteiger partial charge in [-0.05, 0) is 43.0 Å². The van der Waals surface area contributed by atoms with E-state index in [1.165, 1.54) is 22.3 Å². The Morgan fingerprint density at radius 3 is 1.67 bits per heavy atom. The third-order valence-electron chi connectivity index (χ3n) is 4.25. The normalized spacial score (nSPS) is 14.9. The van der Waals surface area contributed by atoms with Crippen LogP contribution in [0.2, 0.25) is 13.1 Å². The predicted octanol–water partition coefficient (Wildman–Crippen LogP) is 4.93. The number of hydrogen-bond donors (Lipinski definition) is 1. The van der Waals surface area contributed by atoms with Crippen molar-refractivity contribution in [3.8, 4) is 11.1 Å². The zero-order valence-electron chi connectivity index (χ0n) is 13.7. The maximum Gasteiger partial charge on any atom is 0.131 e. The largest absolute Gasteiger partial charge is 0.332 e. The molecule has 0 radical (unpaired) electrons. The lowest BCUT2D eigenvalue weighted by Gasteiger charge is -2.38. The van der Waals surface area contributed by atoms with Crippen LogP contribution in [-0.2, 0) is 0 Å². The molecular weight excluding hydrogens is 270 g/mol. The molecule has 0 saturated heterocycles. The maximum atomic E-state index is 3.96. The van der Waals surface area contributed by atoms with Crippen molar-refractivity contribution in [3.63, 3.8) is 0 Å². The van der Waals surface area contributed by atoms with E-state index >= 15 is 0 Å². The second kappa shape index (κ2) is 4.82. The molecule has 3 rings (SSSR count). The Kier molecular flexibility index (Phi) is 3.34. The second-order valence-corrected chi connectivity index (χ2v) is 12.0. The van der Waals surface area contributed by atoms with Gasteiger partial charge in [0.1, 0.15) is 8.24 Å². The number of fused-ring (bicyclic) bond motifs is 3. The monoisotopic (exact) mass is 295 g/mol. The molecule has 0 unspecified atom stereocenters. The van der Waals surface area contributed by atoms with E-state index in [0.717, 1.165) is 0 Å². The van der Waals surface area contributed by atoms with Gasteiger partial charge >= 0.3 is 0 Å². The van der Waals surface area contributed by atoms with E-state index < -0.39 is 8.24 Å². The van der Waals surface area contributed by atoms with Crippen LogP contribution in [0.3, 0.4) is 0 Å². The second-order valence-electron chi connectivity index (χ2n) is 7.70. The van der Waals surface area contributed by atoms with Gasteiger partial charge in [0.25, 0.3) is 0 Å². The minimum absolute atomic E-state index is 0.155. The number of nitrogens with one attached hydrogen (secondary N) is 1. The molecule has 0 heterocycles. The molecule has 0 amide bonds. The summed E-state index contributed by atoms with van der Waals surface area (Å²) in [4.78, 5) is 3.96. The van der Waals surface area contributed by atoms with E-state index in [0.29, 0.717) is 5.54 Å². The summed E-state index contributed by atoms with van der Waals surface area (Å²) in [6, 6.07) is 17.9. The highest BCUT2D eigenvalue weighted by Gasteiger charge is 2.42. The van der Waals surface area contributed by atoms with Crippen LogP contribution in [0.5, 0.6) is 0 Å². The average molecular weight is 296 g/mol. The Morgan fingerprint density at radius 2 is 1.24 bits per heavy atom. The van der Waals surface area contributed by atoms with Crippen LogP contribution < -0.4 is 4.98 Å². The molecule has 2 heteroatoms. The van der Waals surface area contributed by atoms with E-state index in [2.05, 4.69) is 87.4 Å². The highest BCUT2D eigenvalue weighted by Crippen LogP contribution is 2.48. The lowest BCUT2D eigenvalue weighted by atomic mass is 10.1. The molecule has 1 N–H and O–H groups in total. The number of benzene rings is 2. The lowest BCUT2D eigenvalue weighted by Crippen LogP contribution is -2.58. The van der Waals surface area contributed by atoms with E-state index in [-0.39, 0.29) is 5.54 Å². The van der Waals surface area contributed by atoms with Crippen LogP contribution in [-0.4, -0.2) is 13.8 Å². The summed E-state index contributed by atoms with van der Waals surface area (Å²) in [7, 11) is -1.66. The Hall–Kier alpha value is -1.38. The smallest absolute Gasteiger partial charge is 0.131 e. The van der Waals surface area contributed by atoms with Crippen molar-refractivity contribution < 1.29 is 0 Å². The standard InChI is InChI=1S/C19H25NSi/c1-19(2,3)20-21(4,5)18-16-12-8-6-10-14(16)15-11-7-9-13-17(15)18/h6-13,18,20H,1-5H3. The first-order valence-electron chi connectivity index (χ1n) is 7.77. The quantitative estimate of drug-likeness (QED) is 0.775. The highest BCUT2D eigenvalue weighted by molar-refractivity contribution is 6.77. The Balaban J connectivity index is 2.15. The fraction of sp³-hybridized carbons (Fsp3) is 0.368. The van der Waals surface area contributed by atoms with Gasteiger partial charge in [-0.25, -0.2) is 0 Å². The minimum atomic E-state index is -1.66. The molecule has 0 bridgehead atoms. The van der Waals surface area contributed by atoms with Crippen molar-refractivity contribution in [1.82, 2.24) is 4.98 Å². The molecule has 0 aromatic heterocycles. The van der Waals surface area contributed by atoms with Crippen LogP contribution in [0.15, 0.2) is 48.5 Å². The fourth-order valence-electron chi connectivity index (χ4n) is 3.97. The van der Waals surface area contributed by atoms with Gasteiger partial charge in [0, 0.05) is 11.1 Å². The van der Waals surface area contributed by atoms with E-state index in [4.69, 9.17) is 0 Å². The summed E-state index contributed by atoms with van der Waals surface area (Å²) < 4.78 is 0. The van der Waals surface area contributed by atoms with Gasteiger partial charge in [0.15, 0.2) is 0 Å². The van der Waals surface area contributed by atoms with E-state index in [1.807, 2.05) is 0 Å². The Morgan fingerprint density at radius 1 is 0.810 bits per heavy atom. The Labute approximate surface area is 129 Å². The molecule has 1 aliphatic rings. The molecule has 0 saturated carbocycles. The zero-order chi connectivity index (χ0) is 15.3. The van der Waals surface area contributed by atoms with Gasteiger partial charge in [-0.3, -0.25) is 0 Å². The van der Waals surface area contributed by atoms with Crippen molar-refractivity contribution in [2.75, 3.05) is 0 Å². The molecule has 110 valence electrons. The van der Waals surface area contributed by atoms with Crippen LogP contribution in [0.4, 0.5) is 0 Å². The van der Waals surface area contributed by atoms with Crippen LogP contribution >= 0.6 is 0 Å². The van der Waals surface area contributed by atoms with Crippen LogP contribution in [0, 0.1) is 0 Å². The summed E-state index contributed by atoms with van der Waals surface area (Å²) in [6.45, 7) is 11.7. The topological polar surface area (TPSA) is 12.0 Å². The predicted molar refractivity (Wildman–Crippen MR) is 94.1 cm³/mol. The fourth-order valence-corrected chi connectivity index (χ4v) is 8.11. The zero-order valence-corrected chi connectivity index (χ0v) is 14.7. The van der Waals surface area contributed by atoms with E-state index in [1.54, 1.807) is 0 Å². The van der Waals surface area contributed by atoms with Gasteiger partial charge in [0.05, 0.1) is 0 Å². The maximum absolute atomic E-state index is 3.96. The molecule has 0 atom stereocenters. The molecule has 21 heavy (non-hydrogen) atoms. The van der Waals surface area contributed by atoms with E-state index in [9.17, 15) is 0 Å². The van der Waals surface area contributed by atoms with Crippen molar-refractivity contribution in [3.05, 3.63) is 59.7 Å².